The monoisotopic (exact) mass is 298 g/mol. The maximum atomic E-state index is 10.0. The Morgan fingerprint density at radius 2 is 2.10 bits per heavy atom. The molecule has 1 aliphatic heterocycles. The molecule has 0 radical (unpaired) electrons. The summed E-state index contributed by atoms with van der Waals surface area (Å²) in [6.07, 6.45) is -3.13. The van der Waals surface area contributed by atoms with E-state index >= 15 is 0 Å². The highest BCUT2D eigenvalue weighted by molar-refractivity contribution is 5.83. The number of rotatable bonds is 3. The van der Waals surface area contributed by atoms with Gasteiger partial charge in [0, 0.05) is 0 Å². The van der Waals surface area contributed by atoms with Crippen LogP contribution in [0.2, 0.25) is 0 Å². The number of nitrogens with one attached hydrogen (secondary N) is 1. The van der Waals surface area contributed by atoms with Gasteiger partial charge in [-0.2, -0.15) is 9.97 Å². The maximum absolute atomic E-state index is 10.0. The number of nitrogens with zero attached hydrogens (tertiary/aromatic N) is 4. The predicted molar refractivity (Wildman–Crippen MR) is 68.2 cm³/mol. The molecular formula is C10H14N6O5. The summed E-state index contributed by atoms with van der Waals surface area (Å²) < 4.78 is 6.73. The number of nitrogen functional groups attached to an aromatic ring is 1. The Morgan fingerprint density at radius 1 is 1.33 bits per heavy atom. The average Bonchev–Trinajstić information content (AvgIpc) is 3.01. The second-order valence-corrected chi connectivity index (χ2v) is 4.60. The molecule has 1 fully saturated rings. The Kier molecular flexibility index (Phi) is 3.35. The number of aliphatic hydroxyl groups excluding tert-OH is 3. The predicted octanol–water partition coefficient (Wildman–Crippen LogP) is -2.18. The van der Waals surface area contributed by atoms with Gasteiger partial charge in [0.05, 0.1) is 12.9 Å². The van der Waals surface area contributed by atoms with E-state index in [0.29, 0.717) is 0 Å². The van der Waals surface area contributed by atoms with Crippen LogP contribution in [0.4, 0.5) is 11.8 Å². The van der Waals surface area contributed by atoms with E-state index in [1.807, 2.05) is 5.48 Å². The number of fused-ring (bicyclic) bond motifs is 1. The largest absolute Gasteiger partial charge is 0.394 e. The zero-order valence-corrected chi connectivity index (χ0v) is 10.7. The first-order valence-corrected chi connectivity index (χ1v) is 6.09. The molecule has 0 unspecified atom stereocenters. The van der Waals surface area contributed by atoms with Crippen molar-refractivity contribution in [1.82, 2.24) is 19.5 Å². The second-order valence-electron chi connectivity index (χ2n) is 4.60. The number of ether oxygens (including phenoxy) is 1. The Balaban J connectivity index is 2.07. The van der Waals surface area contributed by atoms with Crippen LogP contribution >= 0.6 is 0 Å². The SMILES string of the molecule is Nc1nc(NO)c2ncn([C@@H]3O[C@H](CO)[C@@H](O)[C@H]3O)c2n1. The smallest absolute Gasteiger partial charge is 0.224 e. The van der Waals surface area contributed by atoms with Crippen LogP contribution in [0.5, 0.6) is 0 Å². The molecule has 2 aromatic rings. The van der Waals surface area contributed by atoms with E-state index in [2.05, 4.69) is 15.0 Å². The number of hydrogen-bond acceptors (Lipinski definition) is 10. The lowest BCUT2D eigenvalue weighted by Gasteiger charge is -2.16. The van der Waals surface area contributed by atoms with Crippen molar-refractivity contribution in [3.05, 3.63) is 6.33 Å². The first-order chi connectivity index (χ1) is 10.1. The van der Waals surface area contributed by atoms with E-state index < -0.39 is 31.1 Å². The highest BCUT2D eigenvalue weighted by atomic mass is 16.6. The third-order valence-corrected chi connectivity index (χ3v) is 3.34. The normalized spacial score (nSPS) is 29.1. The van der Waals surface area contributed by atoms with Crippen LogP contribution in [0.15, 0.2) is 6.33 Å². The molecule has 3 rings (SSSR count). The third-order valence-electron chi connectivity index (χ3n) is 3.34. The van der Waals surface area contributed by atoms with Crippen LogP contribution < -0.4 is 11.2 Å². The second kappa shape index (κ2) is 5.05. The highest BCUT2D eigenvalue weighted by Crippen LogP contribution is 2.32. The van der Waals surface area contributed by atoms with Gasteiger partial charge in [-0.05, 0) is 0 Å². The topological polar surface area (TPSA) is 172 Å². The lowest BCUT2D eigenvalue weighted by atomic mass is 10.1. The molecule has 0 aliphatic carbocycles. The van der Waals surface area contributed by atoms with Crippen LogP contribution in [0.1, 0.15) is 6.23 Å². The minimum Gasteiger partial charge on any atom is -0.394 e. The molecule has 0 bridgehead atoms. The van der Waals surface area contributed by atoms with Crippen LogP contribution in [0.3, 0.4) is 0 Å². The summed E-state index contributed by atoms with van der Waals surface area (Å²) in [6.45, 7) is -0.443. The quantitative estimate of drug-likeness (QED) is 0.342. The van der Waals surface area contributed by atoms with Crippen molar-refractivity contribution in [1.29, 1.82) is 0 Å². The van der Waals surface area contributed by atoms with Crippen molar-refractivity contribution in [2.24, 2.45) is 0 Å². The summed E-state index contributed by atoms with van der Waals surface area (Å²) >= 11 is 0. The van der Waals surface area contributed by atoms with E-state index in [1.165, 1.54) is 10.9 Å². The van der Waals surface area contributed by atoms with Gasteiger partial charge in [0.1, 0.15) is 18.3 Å². The zero-order valence-electron chi connectivity index (χ0n) is 10.7. The first kappa shape index (κ1) is 13.9. The molecule has 114 valence electrons. The van der Waals surface area contributed by atoms with Crippen LogP contribution in [0.25, 0.3) is 11.2 Å². The average molecular weight is 298 g/mol. The molecular weight excluding hydrogens is 284 g/mol. The minimum absolute atomic E-state index is 0.00277. The van der Waals surface area contributed by atoms with Gasteiger partial charge in [-0.1, -0.05) is 0 Å². The number of anilines is 2. The van der Waals surface area contributed by atoms with Gasteiger partial charge in [-0.25, -0.2) is 4.98 Å². The number of aliphatic hydroxyl groups is 3. The summed E-state index contributed by atoms with van der Waals surface area (Å²) in [5, 5.41) is 37.9. The van der Waals surface area contributed by atoms with Gasteiger partial charge in [0.15, 0.2) is 23.2 Å². The molecule has 2 aromatic heterocycles. The molecule has 0 saturated carbocycles. The van der Waals surface area contributed by atoms with Crippen molar-refractivity contribution < 1.29 is 25.3 Å². The standard InChI is InChI=1S/C10H14N6O5/c11-10-13-7(15-20)4-8(14-10)16(2-12-4)9-6(19)5(18)3(1-17)21-9/h2-3,5-6,9,17-20H,1H2,(H3,11,13,14,15)/t3-,5-,6-,9-/m1/s1. The van der Waals surface area contributed by atoms with Crippen molar-refractivity contribution in [3.63, 3.8) is 0 Å². The fraction of sp³-hybridized carbons (Fsp3) is 0.500. The third kappa shape index (κ3) is 2.07. The molecule has 0 amide bonds. The van der Waals surface area contributed by atoms with Gasteiger partial charge in [0.2, 0.25) is 5.95 Å². The Bertz CT molecular complexity index is 663. The first-order valence-electron chi connectivity index (χ1n) is 6.09. The molecule has 0 spiro atoms. The minimum atomic E-state index is -1.28. The molecule has 4 atom stereocenters. The lowest BCUT2D eigenvalue weighted by molar-refractivity contribution is -0.0511. The van der Waals surface area contributed by atoms with E-state index in [-0.39, 0.29) is 22.9 Å². The molecule has 11 heteroatoms. The molecule has 3 heterocycles. The Labute approximate surface area is 117 Å². The molecule has 7 N–H and O–H groups in total. The van der Waals surface area contributed by atoms with E-state index in [0.717, 1.165) is 0 Å². The van der Waals surface area contributed by atoms with Crippen LogP contribution in [-0.2, 0) is 4.74 Å². The molecule has 1 aliphatic rings. The molecule has 1 saturated heterocycles. The van der Waals surface area contributed by atoms with Gasteiger partial charge in [0.25, 0.3) is 0 Å². The fourth-order valence-corrected chi connectivity index (χ4v) is 2.31. The molecule has 0 aromatic carbocycles. The van der Waals surface area contributed by atoms with Crippen molar-refractivity contribution in [2.45, 2.75) is 24.5 Å². The van der Waals surface area contributed by atoms with E-state index in [9.17, 15) is 10.2 Å². The Morgan fingerprint density at radius 3 is 2.71 bits per heavy atom. The van der Waals surface area contributed by atoms with Gasteiger partial charge in [-0.3, -0.25) is 15.3 Å². The number of hydrogen-bond donors (Lipinski definition) is 6. The summed E-state index contributed by atoms with van der Waals surface area (Å²) in [5.41, 5.74) is 7.81. The van der Waals surface area contributed by atoms with Gasteiger partial charge < -0.3 is 25.8 Å². The Hall–Kier alpha value is -2.05. The highest BCUT2D eigenvalue weighted by Gasteiger charge is 2.44. The van der Waals surface area contributed by atoms with Crippen molar-refractivity contribution in [3.8, 4) is 0 Å². The summed E-state index contributed by atoms with van der Waals surface area (Å²) in [4.78, 5) is 11.8. The number of nitrogens with two attached hydrogens (primary N) is 1. The summed E-state index contributed by atoms with van der Waals surface area (Å²) in [6, 6.07) is 0. The maximum Gasteiger partial charge on any atom is 0.224 e. The lowest BCUT2D eigenvalue weighted by Crippen LogP contribution is -2.33. The summed E-state index contributed by atoms with van der Waals surface area (Å²) in [7, 11) is 0. The molecule has 11 nitrogen and oxygen atoms in total. The van der Waals surface area contributed by atoms with Crippen molar-refractivity contribution in [2.75, 3.05) is 17.8 Å². The summed E-state index contributed by atoms with van der Waals surface area (Å²) in [5.74, 6) is -0.115. The zero-order chi connectivity index (χ0) is 15.1. The van der Waals surface area contributed by atoms with E-state index in [1.54, 1.807) is 0 Å². The molecule has 21 heavy (non-hydrogen) atoms. The fourth-order valence-electron chi connectivity index (χ4n) is 2.31. The number of aromatic nitrogens is 4. The van der Waals surface area contributed by atoms with Gasteiger partial charge >= 0.3 is 0 Å². The van der Waals surface area contributed by atoms with Crippen LogP contribution in [0, 0.1) is 0 Å². The van der Waals surface area contributed by atoms with E-state index in [4.69, 9.17) is 20.8 Å². The van der Waals surface area contributed by atoms with Crippen molar-refractivity contribution >= 4 is 22.9 Å². The van der Waals surface area contributed by atoms with Crippen LogP contribution in [-0.4, -0.2) is 65.0 Å². The van der Waals surface area contributed by atoms with Gasteiger partial charge in [-0.15, -0.1) is 0 Å². The number of imidazole rings is 1.